The topological polar surface area (TPSA) is 118 Å². The molecule has 0 spiro atoms. The number of likely N-dealkylation sites (tertiary alicyclic amines) is 1. The molecule has 0 aliphatic carbocycles. The number of hydrogen-bond acceptors (Lipinski definition) is 6. The van der Waals surface area contributed by atoms with Crippen molar-refractivity contribution in [3.8, 4) is 17.0 Å². The quantitative estimate of drug-likeness (QED) is 0.240. The summed E-state index contributed by atoms with van der Waals surface area (Å²) in [5.74, 6) is -0.398. The van der Waals surface area contributed by atoms with Crippen LogP contribution in [0.2, 0.25) is 5.02 Å². The number of nitrogens with zero attached hydrogens (tertiary/aromatic N) is 2. The van der Waals surface area contributed by atoms with Crippen molar-refractivity contribution in [3.63, 3.8) is 0 Å². The van der Waals surface area contributed by atoms with Gasteiger partial charge >= 0.3 is 0 Å². The Hall–Kier alpha value is -3.98. The SMILES string of the molecule is CC(C(=O)NO)N1CCC(N)(c2ccc(OCc3cc(-c4cccc(Cl)c4)nc4ccccc34)cc2)C1=O. The van der Waals surface area contributed by atoms with Crippen LogP contribution >= 0.6 is 11.6 Å². The fraction of sp³-hybridized carbons (Fsp3) is 0.207. The lowest BCUT2D eigenvalue weighted by atomic mass is 9.89. The van der Waals surface area contributed by atoms with Crippen molar-refractivity contribution in [1.29, 1.82) is 0 Å². The average Bonchev–Trinajstić information content (AvgIpc) is 3.25. The maximum absolute atomic E-state index is 13.1. The number of fused-ring (bicyclic) bond motifs is 1. The molecule has 1 aromatic heterocycles. The molecule has 2 amide bonds. The molecule has 4 aromatic rings. The van der Waals surface area contributed by atoms with Crippen LogP contribution in [0.25, 0.3) is 22.2 Å². The standard InChI is InChI=1S/C29H27ClN4O4/c1-18(27(35)33-37)34-14-13-29(31,28(34)36)21-9-11-23(12-10-21)38-17-20-16-26(19-5-4-6-22(30)15-19)32-25-8-3-2-7-24(20)25/h2-12,15-16,18,37H,13-14,17,31H2,1H3,(H,33,35). The van der Waals surface area contributed by atoms with Crippen LogP contribution < -0.4 is 16.0 Å². The molecule has 1 aliphatic rings. The van der Waals surface area contributed by atoms with Crippen molar-refractivity contribution in [1.82, 2.24) is 15.4 Å². The number of amides is 2. The van der Waals surface area contributed by atoms with Gasteiger partial charge in [-0.2, -0.15) is 0 Å². The van der Waals surface area contributed by atoms with Crippen LogP contribution in [0.3, 0.4) is 0 Å². The van der Waals surface area contributed by atoms with E-state index in [1.54, 1.807) is 36.7 Å². The summed E-state index contributed by atoms with van der Waals surface area (Å²) in [5.41, 5.74) is 11.0. The van der Waals surface area contributed by atoms with Gasteiger partial charge in [0.05, 0.1) is 11.2 Å². The van der Waals surface area contributed by atoms with Crippen molar-refractivity contribution < 1.29 is 19.5 Å². The Kier molecular flexibility index (Phi) is 7.03. The van der Waals surface area contributed by atoms with Crippen LogP contribution in [0.15, 0.2) is 78.9 Å². The number of nitrogens with one attached hydrogen (secondary N) is 1. The number of ether oxygens (including phenoxy) is 1. The minimum absolute atomic E-state index is 0.310. The average molecular weight is 531 g/mol. The van der Waals surface area contributed by atoms with Crippen molar-refractivity contribution in [2.24, 2.45) is 5.73 Å². The zero-order valence-electron chi connectivity index (χ0n) is 20.7. The maximum Gasteiger partial charge on any atom is 0.265 e. The number of carbonyl (C=O) groups is 2. The predicted octanol–water partition coefficient (Wildman–Crippen LogP) is 4.41. The van der Waals surface area contributed by atoms with Gasteiger partial charge in [0.2, 0.25) is 5.91 Å². The van der Waals surface area contributed by atoms with E-state index in [0.29, 0.717) is 35.9 Å². The predicted molar refractivity (Wildman–Crippen MR) is 145 cm³/mol. The molecule has 0 radical (unpaired) electrons. The van der Waals surface area contributed by atoms with E-state index >= 15 is 0 Å². The van der Waals surface area contributed by atoms with E-state index in [-0.39, 0.29) is 5.91 Å². The summed E-state index contributed by atoms with van der Waals surface area (Å²) < 4.78 is 6.13. The summed E-state index contributed by atoms with van der Waals surface area (Å²) in [6.07, 6.45) is 0.352. The van der Waals surface area contributed by atoms with Gasteiger partial charge in [0.25, 0.3) is 5.91 Å². The summed E-state index contributed by atoms with van der Waals surface area (Å²) in [4.78, 5) is 31.1. The molecular weight excluding hydrogens is 504 g/mol. The molecule has 0 bridgehead atoms. The molecule has 5 rings (SSSR count). The van der Waals surface area contributed by atoms with E-state index < -0.39 is 17.5 Å². The Bertz CT molecular complexity index is 1510. The lowest BCUT2D eigenvalue weighted by Gasteiger charge is -2.27. The summed E-state index contributed by atoms with van der Waals surface area (Å²) >= 11 is 6.20. The smallest absolute Gasteiger partial charge is 0.265 e. The summed E-state index contributed by atoms with van der Waals surface area (Å²) in [6.45, 7) is 2.17. The maximum atomic E-state index is 13.1. The Labute approximate surface area is 224 Å². The normalized spacial score (nSPS) is 18.0. The van der Waals surface area contributed by atoms with Gasteiger partial charge in [-0.25, -0.2) is 10.5 Å². The molecule has 2 heterocycles. The number of benzene rings is 3. The van der Waals surface area contributed by atoms with Gasteiger partial charge in [-0.15, -0.1) is 0 Å². The van der Waals surface area contributed by atoms with Crippen LogP contribution in [0, 0.1) is 0 Å². The zero-order valence-corrected chi connectivity index (χ0v) is 21.5. The number of aromatic nitrogens is 1. The Morgan fingerprint density at radius 3 is 2.66 bits per heavy atom. The number of nitrogens with two attached hydrogens (primary N) is 1. The van der Waals surface area contributed by atoms with Gasteiger partial charge in [0.1, 0.15) is 23.9 Å². The summed E-state index contributed by atoms with van der Waals surface area (Å²) in [7, 11) is 0. The number of para-hydroxylation sites is 1. The second-order valence-electron chi connectivity index (χ2n) is 9.38. The molecule has 38 heavy (non-hydrogen) atoms. The Balaban J connectivity index is 1.35. The van der Waals surface area contributed by atoms with Crippen LogP contribution in [-0.2, 0) is 21.7 Å². The molecule has 9 heteroatoms. The first kappa shape index (κ1) is 25.7. The fourth-order valence-electron chi connectivity index (χ4n) is 4.81. The Morgan fingerprint density at radius 2 is 1.92 bits per heavy atom. The van der Waals surface area contributed by atoms with Crippen molar-refractivity contribution in [2.45, 2.75) is 31.5 Å². The number of carbonyl (C=O) groups excluding carboxylic acids is 2. The minimum Gasteiger partial charge on any atom is -0.489 e. The fourth-order valence-corrected chi connectivity index (χ4v) is 5.00. The molecule has 2 atom stereocenters. The molecule has 194 valence electrons. The molecule has 2 unspecified atom stereocenters. The first-order valence-electron chi connectivity index (χ1n) is 12.2. The second-order valence-corrected chi connectivity index (χ2v) is 9.82. The first-order chi connectivity index (χ1) is 18.3. The van der Waals surface area contributed by atoms with E-state index in [9.17, 15) is 9.59 Å². The number of hydroxylamine groups is 1. The van der Waals surface area contributed by atoms with E-state index in [4.69, 9.17) is 32.3 Å². The van der Waals surface area contributed by atoms with Gasteiger partial charge in [0.15, 0.2) is 0 Å². The van der Waals surface area contributed by atoms with Gasteiger partial charge < -0.3 is 15.4 Å². The monoisotopic (exact) mass is 530 g/mol. The van der Waals surface area contributed by atoms with E-state index in [0.717, 1.165) is 27.7 Å². The van der Waals surface area contributed by atoms with Gasteiger partial charge in [-0.3, -0.25) is 14.8 Å². The molecular formula is C29H27ClN4O4. The minimum atomic E-state index is -1.25. The molecule has 0 saturated carbocycles. The van der Waals surface area contributed by atoms with Crippen molar-refractivity contribution in [3.05, 3.63) is 95.0 Å². The van der Waals surface area contributed by atoms with Crippen LogP contribution in [0.5, 0.6) is 5.75 Å². The van der Waals surface area contributed by atoms with Crippen molar-refractivity contribution in [2.75, 3.05) is 6.54 Å². The van der Waals surface area contributed by atoms with E-state index in [1.807, 2.05) is 54.6 Å². The third kappa shape index (κ3) is 4.81. The van der Waals surface area contributed by atoms with E-state index in [1.165, 1.54) is 4.90 Å². The lowest BCUT2D eigenvalue weighted by Crippen LogP contribution is -2.50. The lowest BCUT2D eigenvalue weighted by molar-refractivity contribution is -0.143. The molecule has 4 N–H and O–H groups in total. The van der Waals surface area contributed by atoms with Crippen LogP contribution in [0.4, 0.5) is 0 Å². The largest absolute Gasteiger partial charge is 0.489 e. The highest BCUT2D eigenvalue weighted by Crippen LogP contribution is 2.33. The van der Waals surface area contributed by atoms with Crippen LogP contribution in [0.1, 0.15) is 24.5 Å². The number of hydrogen-bond donors (Lipinski definition) is 3. The van der Waals surface area contributed by atoms with Crippen molar-refractivity contribution >= 4 is 34.3 Å². The third-order valence-corrected chi connectivity index (χ3v) is 7.27. The highest BCUT2D eigenvalue weighted by Gasteiger charge is 2.47. The van der Waals surface area contributed by atoms with Gasteiger partial charge in [0, 0.05) is 28.1 Å². The zero-order chi connectivity index (χ0) is 26.9. The highest BCUT2D eigenvalue weighted by molar-refractivity contribution is 6.30. The van der Waals surface area contributed by atoms with E-state index in [2.05, 4.69) is 0 Å². The Morgan fingerprint density at radius 1 is 1.16 bits per heavy atom. The molecule has 8 nitrogen and oxygen atoms in total. The number of rotatable bonds is 7. The third-order valence-electron chi connectivity index (χ3n) is 7.03. The summed E-state index contributed by atoms with van der Waals surface area (Å²) in [5, 5.41) is 10.5. The van der Waals surface area contributed by atoms with Gasteiger partial charge in [-0.05, 0) is 55.3 Å². The molecule has 3 aromatic carbocycles. The van der Waals surface area contributed by atoms with Crippen LogP contribution in [-0.4, -0.2) is 39.5 Å². The number of halogens is 1. The number of pyridine rings is 1. The van der Waals surface area contributed by atoms with Gasteiger partial charge in [-0.1, -0.05) is 54.1 Å². The molecule has 1 fully saturated rings. The highest BCUT2D eigenvalue weighted by atomic mass is 35.5. The molecule has 1 aliphatic heterocycles. The molecule has 1 saturated heterocycles. The second kappa shape index (κ2) is 10.4. The first-order valence-corrected chi connectivity index (χ1v) is 12.6. The summed E-state index contributed by atoms with van der Waals surface area (Å²) in [6, 6.07) is 23.8.